The predicted octanol–water partition coefficient (Wildman–Crippen LogP) is 15.0. The van der Waals surface area contributed by atoms with Gasteiger partial charge >= 0.3 is 315 Å². The van der Waals surface area contributed by atoms with Gasteiger partial charge in [0, 0.05) is 11.8 Å². The predicted molar refractivity (Wildman–Crippen MR) is 276 cm³/mol. The van der Waals surface area contributed by atoms with Gasteiger partial charge < -0.3 is 0 Å². The maximum absolute atomic E-state index is 9.13. The van der Waals surface area contributed by atoms with E-state index in [2.05, 4.69) is 106 Å². The summed E-state index contributed by atoms with van der Waals surface area (Å²) in [6.07, 6.45) is 2.65. The van der Waals surface area contributed by atoms with Crippen LogP contribution in [0.4, 0.5) is 11.5 Å². The van der Waals surface area contributed by atoms with Gasteiger partial charge in [-0.1, -0.05) is 65.0 Å². The minimum atomic E-state index is -0.561. The van der Waals surface area contributed by atoms with E-state index in [9.17, 15) is 0 Å². The van der Waals surface area contributed by atoms with Gasteiger partial charge in [0.2, 0.25) is 0 Å². The Hall–Kier alpha value is -7.28. The van der Waals surface area contributed by atoms with Crippen LogP contribution in [0.3, 0.4) is 0 Å². The van der Waals surface area contributed by atoms with Crippen LogP contribution in [0, 0.1) is 9.72 Å². The van der Waals surface area contributed by atoms with Gasteiger partial charge in [-0.15, -0.1) is 0 Å². The van der Waals surface area contributed by atoms with Gasteiger partial charge in [0.25, 0.3) is 0 Å². The van der Waals surface area contributed by atoms with E-state index < -0.39 is 60.4 Å². The number of anilines is 2. The number of imidazole rings is 1. The monoisotopic (exact) mass is 1080 g/mol. The van der Waals surface area contributed by atoms with Crippen LogP contribution in [0.25, 0.3) is 67.2 Å². The Morgan fingerprint density at radius 3 is 1.97 bits per heavy atom. The van der Waals surface area contributed by atoms with Crippen LogP contribution in [0.15, 0.2) is 200 Å². The average molecular weight is 1080 g/mol. The molecule has 9 heteroatoms. The van der Waals surface area contributed by atoms with Crippen molar-refractivity contribution in [2.75, 3.05) is 4.81 Å². The van der Waals surface area contributed by atoms with Crippen LogP contribution >= 0.6 is 0 Å². The second-order valence-corrected chi connectivity index (χ2v) is 19.3. The summed E-state index contributed by atoms with van der Waals surface area (Å²) >= 11 is 2.18. The quantitative estimate of drug-likeness (QED) is 0.128. The summed E-state index contributed by atoms with van der Waals surface area (Å²) in [6, 6.07) is 37.7. The molecule has 0 N–H and O–H groups in total. The van der Waals surface area contributed by atoms with Gasteiger partial charge in [-0.25, -0.2) is 0 Å². The fourth-order valence-corrected chi connectivity index (χ4v) is 10.2. The third-order valence-corrected chi connectivity index (χ3v) is 13.3. The van der Waals surface area contributed by atoms with Gasteiger partial charge in [0.1, 0.15) is 0 Å². The first kappa shape index (κ1) is 33.2. The molecule has 0 saturated heterocycles. The van der Waals surface area contributed by atoms with Crippen molar-refractivity contribution in [3.05, 3.63) is 209 Å². The van der Waals surface area contributed by atoms with Crippen molar-refractivity contribution in [2.45, 2.75) is 46.4 Å². The van der Waals surface area contributed by atoms with Crippen molar-refractivity contribution in [3.8, 4) is 67.6 Å². The third-order valence-electron chi connectivity index (χ3n) is 12.2. The van der Waals surface area contributed by atoms with Gasteiger partial charge in [-0.05, 0) is 23.0 Å². The van der Waals surface area contributed by atoms with Crippen molar-refractivity contribution in [2.24, 2.45) is 5.92 Å². The number of aromatic nitrogens is 5. The molecule has 0 unspecified atom stereocenters. The number of ether oxygens (including phenoxy) is 1. The summed E-state index contributed by atoms with van der Waals surface area (Å²) < 4.78 is 101. The number of hydrogen-bond acceptors (Lipinski definition) is 4. The molecule has 0 bridgehead atoms. The van der Waals surface area contributed by atoms with Gasteiger partial charge in [0.15, 0.2) is 0 Å². The molecule has 4 heterocycles. The molecule has 0 spiro atoms. The van der Waals surface area contributed by atoms with Crippen molar-refractivity contribution in [1.29, 1.82) is 0 Å². The Balaban J connectivity index is 1.08. The summed E-state index contributed by atoms with van der Waals surface area (Å²) in [5.74, 6) is 2.20. The summed E-state index contributed by atoms with van der Waals surface area (Å²) in [5, 5.41) is 5.29. The van der Waals surface area contributed by atoms with Crippen LogP contribution in [-0.4, -0.2) is 30.8 Å². The molecule has 0 saturated carbocycles. The number of para-hydroxylation sites is 3. The molecule has 0 radical (unpaired) electrons. The summed E-state index contributed by atoms with van der Waals surface area (Å²) in [4.78, 5) is 7.31. The molecule has 0 atom stereocenters. The Morgan fingerprint density at radius 2 is 1.29 bits per heavy atom. The first-order valence-corrected chi connectivity index (χ1v) is 23.7. The second kappa shape index (κ2) is 17.7. The molecule has 7 nitrogen and oxygen atoms in total. The summed E-state index contributed by atoms with van der Waals surface area (Å²) in [5.41, 5.74) is 8.19. The van der Waals surface area contributed by atoms with Crippen molar-refractivity contribution >= 4 is 29.5 Å². The molecule has 1 aliphatic heterocycles. The first-order valence-electron chi connectivity index (χ1n) is 27.5. The van der Waals surface area contributed by atoms with E-state index in [1.165, 1.54) is 0 Å². The molecule has 0 fully saturated rings. The maximum atomic E-state index is 9.13. The fourth-order valence-electron chi connectivity index (χ4n) is 9.10. The van der Waals surface area contributed by atoms with Crippen LogP contribution in [0.1, 0.15) is 53.9 Å². The van der Waals surface area contributed by atoms with Gasteiger partial charge in [-0.2, -0.15) is 5.10 Å². The SMILES string of the molecule is [2H]c1c([2H])c([2H])c(-c2cccc(-c3c([2H])c([2H])c([2H])c([2H])c3[2H])c2-n2[c](=[Pt])n(-c3cccc(Oc4ccc5c(c4)N(c4cc(C(C)(C)C)ccn4)B(CC(C)C)n4nc(-c6ccccc6)cc4-5)c3)c3ccccc32)c([2H])c1[2H]. The summed E-state index contributed by atoms with van der Waals surface area (Å²) in [6.45, 7) is 10.8. The molecule has 68 heavy (non-hydrogen) atoms. The molecule has 7 aromatic carbocycles. The van der Waals surface area contributed by atoms with E-state index in [0.29, 0.717) is 37.9 Å². The van der Waals surface area contributed by atoms with E-state index in [0.717, 1.165) is 45.9 Å². The molecular formula is C59H51BN6OPt. The van der Waals surface area contributed by atoms with E-state index in [1.54, 1.807) is 18.2 Å². The van der Waals surface area contributed by atoms with Crippen LogP contribution in [0.5, 0.6) is 11.5 Å². The number of pyridine rings is 1. The van der Waals surface area contributed by atoms with E-state index in [4.69, 9.17) is 28.5 Å². The number of benzene rings is 7. The van der Waals surface area contributed by atoms with Crippen molar-refractivity contribution < 1.29 is 37.8 Å². The Kier molecular flexibility index (Phi) is 8.68. The van der Waals surface area contributed by atoms with Gasteiger partial charge in [0.05, 0.1) is 5.69 Å². The molecule has 10 aromatic rings. The van der Waals surface area contributed by atoms with Crippen LogP contribution in [0.2, 0.25) is 6.32 Å². The number of fused-ring (bicyclic) bond motifs is 4. The topological polar surface area (TPSA) is 53.0 Å². The minimum absolute atomic E-state index is 0.112. The zero-order valence-corrected chi connectivity index (χ0v) is 40.3. The Morgan fingerprint density at radius 1 is 0.647 bits per heavy atom. The van der Waals surface area contributed by atoms with Crippen LogP contribution in [-0.2, 0) is 24.8 Å². The number of rotatable bonds is 10. The van der Waals surface area contributed by atoms with E-state index in [-0.39, 0.29) is 40.3 Å². The Labute approximate surface area is 423 Å². The van der Waals surface area contributed by atoms with Crippen LogP contribution < -0.4 is 9.55 Å². The number of nitrogens with zero attached hydrogens (tertiary/aromatic N) is 6. The normalized spacial score (nSPS) is 14.5. The Bertz CT molecular complexity index is 3990. The molecule has 1 aliphatic rings. The molecule has 0 aliphatic carbocycles. The molecular weight excluding hydrogens is 1010 g/mol. The first-order chi connectivity index (χ1) is 37.2. The number of hydrogen-bond donors (Lipinski definition) is 0. The van der Waals surface area contributed by atoms with E-state index in [1.807, 2.05) is 88.1 Å². The standard InChI is InChI=1S/C59H51BN6O.Pt/c1-41(2)39-60-65(57-35-45(33-34-61-57)59(3,4)5)55-37-48(31-32-51(55)56-38-52(62-66(56)60)44-23-13-8-14-24-44)67-47-26-17-25-46(36-47)63-40-64(54-30-16-15-29-53(54)63)58-49(42-19-9-6-10-20-42)27-18-28-50(58)43-21-11-7-12-22-43;/h6-38,41H,39H2,1-5H3;/i6D,7D,9D,10D,11D,12D,19D,20D,21D,22D;. The van der Waals surface area contributed by atoms with E-state index >= 15 is 0 Å². The molecule has 336 valence electrons. The molecule has 3 aromatic heterocycles. The zero-order valence-electron chi connectivity index (χ0n) is 48.0. The second-order valence-electron chi connectivity index (χ2n) is 18.2. The van der Waals surface area contributed by atoms with Gasteiger partial charge in [-0.3, -0.25) is 0 Å². The van der Waals surface area contributed by atoms with Crippen molar-refractivity contribution in [1.82, 2.24) is 23.8 Å². The molecule has 11 rings (SSSR count). The fraction of sp³-hybridized carbons (Fsp3) is 0.136. The molecule has 0 amide bonds. The van der Waals surface area contributed by atoms with Crippen molar-refractivity contribution in [3.63, 3.8) is 0 Å². The zero-order chi connectivity index (χ0) is 55.2. The third kappa shape index (κ3) is 7.97. The average Bonchev–Trinajstić information content (AvgIpc) is 4.19. The summed E-state index contributed by atoms with van der Waals surface area (Å²) in [7, 11) is 0.